The van der Waals surface area contributed by atoms with E-state index in [1.54, 1.807) is 24.3 Å². The molecule has 2 heterocycles. The molecule has 164 valence electrons. The van der Waals surface area contributed by atoms with Gasteiger partial charge in [0.2, 0.25) is 9.84 Å². The highest BCUT2D eigenvalue weighted by Crippen LogP contribution is 2.31. The van der Waals surface area contributed by atoms with Gasteiger partial charge in [-0.05, 0) is 31.2 Å². The Morgan fingerprint density at radius 3 is 2.69 bits per heavy atom. The number of rotatable bonds is 7. The molecular weight excluding hydrogens is 458 g/mol. The number of anilines is 1. The summed E-state index contributed by atoms with van der Waals surface area (Å²) in [6, 6.07) is 11.3. The largest absolute Gasteiger partial charge is 0.490 e. The number of aromatic nitrogens is 1. The van der Waals surface area contributed by atoms with E-state index in [0.717, 1.165) is 41.8 Å². The van der Waals surface area contributed by atoms with Crippen molar-refractivity contribution in [3.05, 3.63) is 70.6 Å². The molecule has 0 atom stereocenters. The van der Waals surface area contributed by atoms with Crippen LogP contribution in [0.4, 0.5) is 10.8 Å². The minimum Gasteiger partial charge on any atom is -0.490 e. The van der Waals surface area contributed by atoms with Crippen molar-refractivity contribution in [2.75, 3.05) is 11.9 Å². The number of nitro groups is 1. The number of ether oxygens (including phenoxy) is 1. The lowest BCUT2D eigenvalue weighted by molar-refractivity contribution is -0.384. The molecule has 4 aromatic rings. The second-order valence-corrected chi connectivity index (χ2v) is 9.62. The van der Waals surface area contributed by atoms with E-state index in [1.807, 2.05) is 6.92 Å². The van der Waals surface area contributed by atoms with Crippen LogP contribution in [0.5, 0.6) is 5.75 Å². The molecule has 0 aliphatic heterocycles. The highest BCUT2D eigenvalue weighted by molar-refractivity contribution is 7.93. The number of fused-ring (bicyclic) bond motifs is 1. The quantitative estimate of drug-likeness (QED) is 0.310. The summed E-state index contributed by atoms with van der Waals surface area (Å²) in [5.41, 5.74) is 0.208. The molecule has 0 saturated carbocycles. The molecule has 0 spiro atoms. The molecule has 1 amide bonds. The molecule has 10 nitrogen and oxygen atoms in total. The maximum Gasteiger partial charge on any atom is 0.293 e. The van der Waals surface area contributed by atoms with Gasteiger partial charge in [0.1, 0.15) is 4.21 Å². The van der Waals surface area contributed by atoms with Crippen LogP contribution in [-0.4, -0.2) is 30.8 Å². The Kier molecular flexibility index (Phi) is 5.63. The normalized spacial score (nSPS) is 11.4. The summed E-state index contributed by atoms with van der Waals surface area (Å²) >= 11 is 0.755. The number of hydrogen-bond acceptors (Lipinski definition) is 9. The van der Waals surface area contributed by atoms with Crippen LogP contribution in [0.3, 0.4) is 0 Å². The number of amides is 1. The van der Waals surface area contributed by atoms with Crippen molar-refractivity contribution < 1.29 is 27.3 Å². The van der Waals surface area contributed by atoms with E-state index in [2.05, 4.69) is 10.3 Å². The Morgan fingerprint density at radius 1 is 1.25 bits per heavy atom. The van der Waals surface area contributed by atoms with Crippen LogP contribution >= 0.6 is 11.3 Å². The summed E-state index contributed by atoms with van der Waals surface area (Å²) in [5, 5.41) is 14.0. The molecule has 1 N–H and O–H groups in total. The molecule has 0 aliphatic rings. The maximum atomic E-state index is 12.8. The number of thiazole rings is 1. The maximum absolute atomic E-state index is 12.8. The number of non-ortho nitro benzene ring substituents is 1. The number of furan rings is 1. The summed E-state index contributed by atoms with van der Waals surface area (Å²) in [6.45, 7) is 2.27. The average molecular weight is 473 g/mol. The molecule has 32 heavy (non-hydrogen) atoms. The van der Waals surface area contributed by atoms with Gasteiger partial charge >= 0.3 is 0 Å². The fourth-order valence-electron chi connectivity index (χ4n) is 2.88. The molecule has 0 bridgehead atoms. The lowest BCUT2D eigenvalue weighted by Crippen LogP contribution is -2.10. The smallest absolute Gasteiger partial charge is 0.293 e. The molecule has 0 fully saturated rings. The number of hydrogen-bond donors (Lipinski definition) is 1. The fraction of sp³-hybridized carbons (Fsp3) is 0.100. The van der Waals surface area contributed by atoms with Crippen molar-refractivity contribution in [1.82, 2.24) is 4.98 Å². The van der Waals surface area contributed by atoms with Crippen LogP contribution in [0.1, 0.15) is 17.5 Å². The van der Waals surface area contributed by atoms with Crippen LogP contribution in [-0.2, 0) is 9.84 Å². The Balaban J connectivity index is 1.55. The first-order valence-electron chi connectivity index (χ1n) is 9.21. The van der Waals surface area contributed by atoms with Crippen LogP contribution in [0.2, 0.25) is 0 Å². The first-order valence-corrected chi connectivity index (χ1v) is 11.5. The van der Waals surface area contributed by atoms with Crippen LogP contribution in [0.15, 0.2) is 68.2 Å². The van der Waals surface area contributed by atoms with Crippen molar-refractivity contribution in [2.45, 2.75) is 16.0 Å². The predicted molar refractivity (Wildman–Crippen MR) is 116 cm³/mol. The van der Waals surface area contributed by atoms with Crippen LogP contribution < -0.4 is 10.1 Å². The van der Waals surface area contributed by atoms with E-state index in [-0.39, 0.29) is 25.7 Å². The summed E-state index contributed by atoms with van der Waals surface area (Å²) in [4.78, 5) is 26.6. The standard InChI is InChI=1S/C20H15N3O7S2/c1-2-29-15-5-3-4-12-10-16(30-18(12)15)19(24)22-20-21-11-17(31-20)32(27,28)14-8-6-13(7-9-14)23(25)26/h3-11H,2H2,1H3,(H,21,22,24). The molecule has 12 heteroatoms. The van der Waals surface area contributed by atoms with Crippen LogP contribution in [0, 0.1) is 10.1 Å². The van der Waals surface area contributed by atoms with Gasteiger partial charge in [0.25, 0.3) is 11.6 Å². The van der Waals surface area contributed by atoms with E-state index >= 15 is 0 Å². The van der Waals surface area contributed by atoms with E-state index in [1.165, 1.54) is 0 Å². The molecule has 2 aromatic carbocycles. The van der Waals surface area contributed by atoms with Gasteiger partial charge in [0.05, 0.1) is 22.6 Å². The van der Waals surface area contributed by atoms with Gasteiger partial charge in [-0.1, -0.05) is 23.5 Å². The number of nitrogens with one attached hydrogen (secondary N) is 1. The topological polar surface area (TPSA) is 142 Å². The summed E-state index contributed by atoms with van der Waals surface area (Å²) in [5.74, 6) is -0.0748. The van der Waals surface area contributed by atoms with Crippen molar-refractivity contribution in [1.29, 1.82) is 0 Å². The van der Waals surface area contributed by atoms with Gasteiger partial charge < -0.3 is 9.15 Å². The molecule has 0 saturated heterocycles. The molecular formula is C20H15N3O7S2. The number of nitro benzene ring substituents is 1. The van der Waals surface area contributed by atoms with Gasteiger partial charge in [0.15, 0.2) is 22.2 Å². The number of para-hydroxylation sites is 1. The van der Waals surface area contributed by atoms with Crippen molar-refractivity contribution in [2.24, 2.45) is 0 Å². The Labute approximate surface area is 185 Å². The Morgan fingerprint density at radius 2 is 2.00 bits per heavy atom. The third-order valence-electron chi connectivity index (χ3n) is 4.36. The molecule has 0 unspecified atom stereocenters. The number of sulfone groups is 1. The third-order valence-corrected chi connectivity index (χ3v) is 7.50. The number of nitrogens with zero attached hydrogens (tertiary/aromatic N) is 2. The summed E-state index contributed by atoms with van der Waals surface area (Å²) < 4.78 is 36.5. The average Bonchev–Trinajstić information content (AvgIpc) is 3.42. The van der Waals surface area contributed by atoms with Crippen LogP contribution in [0.25, 0.3) is 11.0 Å². The number of carbonyl (C=O) groups excluding carboxylic acids is 1. The monoisotopic (exact) mass is 473 g/mol. The SMILES string of the molecule is CCOc1cccc2cc(C(=O)Nc3ncc(S(=O)(=O)c4ccc([N+](=O)[O-])cc4)s3)oc12. The van der Waals surface area contributed by atoms with Gasteiger partial charge in [-0.15, -0.1) is 0 Å². The Hall–Kier alpha value is -3.77. The van der Waals surface area contributed by atoms with E-state index in [4.69, 9.17) is 9.15 Å². The van der Waals surface area contributed by atoms with Gasteiger partial charge in [0, 0.05) is 17.5 Å². The first kappa shape index (κ1) is 21.5. The van der Waals surface area contributed by atoms with Crippen molar-refractivity contribution in [3.63, 3.8) is 0 Å². The minimum atomic E-state index is -3.95. The van der Waals surface area contributed by atoms with Crippen molar-refractivity contribution >= 4 is 48.9 Å². The molecule has 0 aliphatic carbocycles. The lowest BCUT2D eigenvalue weighted by atomic mass is 10.2. The summed E-state index contributed by atoms with van der Waals surface area (Å²) in [6.07, 6.45) is 1.11. The minimum absolute atomic E-state index is 0.0159. The number of carbonyl (C=O) groups is 1. The highest BCUT2D eigenvalue weighted by Gasteiger charge is 2.23. The fourth-order valence-corrected chi connectivity index (χ4v) is 5.31. The Bertz CT molecular complexity index is 1420. The zero-order valence-electron chi connectivity index (χ0n) is 16.5. The highest BCUT2D eigenvalue weighted by atomic mass is 32.2. The lowest BCUT2D eigenvalue weighted by Gasteiger charge is -2.02. The molecule has 2 aromatic heterocycles. The molecule has 4 rings (SSSR count). The third kappa shape index (κ3) is 4.05. The van der Waals surface area contributed by atoms with Gasteiger partial charge in [-0.2, -0.15) is 0 Å². The predicted octanol–water partition coefficient (Wildman–Crippen LogP) is 4.28. The van der Waals surface area contributed by atoms with Crippen molar-refractivity contribution in [3.8, 4) is 5.75 Å². The van der Waals surface area contributed by atoms with E-state index in [0.29, 0.717) is 23.3 Å². The van der Waals surface area contributed by atoms with E-state index < -0.39 is 20.7 Å². The van der Waals surface area contributed by atoms with Gasteiger partial charge in [-0.25, -0.2) is 13.4 Å². The zero-order chi connectivity index (χ0) is 22.9. The first-order chi connectivity index (χ1) is 15.3. The summed E-state index contributed by atoms with van der Waals surface area (Å²) in [7, 11) is -3.95. The van der Waals surface area contributed by atoms with Gasteiger partial charge in [-0.3, -0.25) is 20.2 Å². The van der Waals surface area contributed by atoms with E-state index in [9.17, 15) is 23.3 Å². The second-order valence-electron chi connectivity index (χ2n) is 6.41. The second kappa shape index (κ2) is 8.40. The zero-order valence-corrected chi connectivity index (χ0v) is 18.1. The number of benzene rings is 2. The molecule has 0 radical (unpaired) electrons.